The molecule has 0 spiro atoms. The van der Waals surface area contributed by atoms with Crippen molar-refractivity contribution in [2.24, 2.45) is 11.7 Å². The highest BCUT2D eigenvalue weighted by molar-refractivity contribution is 5.87. The highest BCUT2D eigenvalue weighted by Gasteiger charge is 2.36. The van der Waals surface area contributed by atoms with E-state index in [-0.39, 0.29) is 12.0 Å². The molecule has 20 heavy (non-hydrogen) atoms. The first-order valence-corrected chi connectivity index (χ1v) is 7.24. The predicted octanol–water partition coefficient (Wildman–Crippen LogP) is 1.48. The lowest BCUT2D eigenvalue weighted by Gasteiger charge is -2.37. The molecule has 3 N–H and O–H groups in total. The number of aliphatic hydroxyl groups excluding tert-OH is 1. The van der Waals surface area contributed by atoms with Crippen molar-refractivity contribution in [1.82, 2.24) is 4.90 Å². The third-order valence-electron chi connectivity index (χ3n) is 4.33. The first kappa shape index (κ1) is 15.0. The minimum absolute atomic E-state index is 0.0345. The molecule has 2 rings (SSSR count). The molecule has 0 radical (unpaired) electrons. The minimum atomic E-state index is -0.987. The van der Waals surface area contributed by atoms with Gasteiger partial charge in [0.2, 0.25) is 5.91 Å². The maximum Gasteiger partial charge on any atom is 0.246 e. The fourth-order valence-electron chi connectivity index (χ4n) is 2.82. The molecule has 110 valence electrons. The smallest absolute Gasteiger partial charge is 0.246 e. The SMILES string of the molecule is CC(O)C1CCN(C(=O)C(C)(N)c2ccccc2)CC1. The van der Waals surface area contributed by atoms with E-state index < -0.39 is 5.54 Å². The lowest BCUT2D eigenvalue weighted by atomic mass is 9.88. The number of carbonyl (C=O) groups is 1. The average Bonchev–Trinajstić information content (AvgIpc) is 2.47. The Bertz CT molecular complexity index is 449. The summed E-state index contributed by atoms with van der Waals surface area (Å²) in [4.78, 5) is 14.5. The molecule has 1 amide bonds. The molecule has 4 heteroatoms. The monoisotopic (exact) mass is 276 g/mol. The summed E-state index contributed by atoms with van der Waals surface area (Å²) in [6.07, 6.45) is 1.38. The zero-order chi connectivity index (χ0) is 14.8. The molecule has 0 aromatic heterocycles. The number of likely N-dealkylation sites (tertiary alicyclic amines) is 1. The van der Waals surface area contributed by atoms with Crippen molar-refractivity contribution >= 4 is 5.91 Å². The van der Waals surface area contributed by atoms with Gasteiger partial charge in [0, 0.05) is 13.1 Å². The van der Waals surface area contributed by atoms with Crippen molar-refractivity contribution in [3.05, 3.63) is 35.9 Å². The van der Waals surface area contributed by atoms with Gasteiger partial charge in [0.25, 0.3) is 0 Å². The van der Waals surface area contributed by atoms with Crippen LogP contribution in [-0.2, 0) is 10.3 Å². The molecule has 0 aliphatic carbocycles. The largest absolute Gasteiger partial charge is 0.393 e. The lowest BCUT2D eigenvalue weighted by molar-refractivity contribution is -0.138. The quantitative estimate of drug-likeness (QED) is 0.879. The predicted molar refractivity (Wildman–Crippen MR) is 79.0 cm³/mol. The van der Waals surface area contributed by atoms with Crippen molar-refractivity contribution in [1.29, 1.82) is 0 Å². The van der Waals surface area contributed by atoms with E-state index in [1.807, 2.05) is 42.2 Å². The third kappa shape index (κ3) is 3.02. The van der Waals surface area contributed by atoms with Gasteiger partial charge in [-0.15, -0.1) is 0 Å². The van der Waals surface area contributed by atoms with E-state index in [1.54, 1.807) is 6.92 Å². The van der Waals surface area contributed by atoms with E-state index in [4.69, 9.17) is 5.73 Å². The van der Waals surface area contributed by atoms with E-state index in [2.05, 4.69) is 0 Å². The number of hydrogen-bond donors (Lipinski definition) is 2. The van der Waals surface area contributed by atoms with Gasteiger partial charge in [0.15, 0.2) is 0 Å². The average molecular weight is 276 g/mol. The van der Waals surface area contributed by atoms with Crippen molar-refractivity contribution < 1.29 is 9.90 Å². The van der Waals surface area contributed by atoms with Crippen LogP contribution in [-0.4, -0.2) is 35.1 Å². The molecule has 2 unspecified atom stereocenters. The molecule has 1 aliphatic heterocycles. The number of amides is 1. The number of nitrogens with two attached hydrogens (primary N) is 1. The Labute approximate surface area is 120 Å². The third-order valence-corrected chi connectivity index (χ3v) is 4.33. The first-order chi connectivity index (χ1) is 9.43. The van der Waals surface area contributed by atoms with Crippen molar-refractivity contribution in [2.75, 3.05) is 13.1 Å². The highest BCUT2D eigenvalue weighted by Crippen LogP contribution is 2.25. The number of nitrogens with zero attached hydrogens (tertiary/aromatic N) is 1. The summed E-state index contributed by atoms with van der Waals surface area (Å²) >= 11 is 0. The number of hydrogen-bond acceptors (Lipinski definition) is 3. The van der Waals surface area contributed by atoms with Gasteiger partial charge in [-0.2, -0.15) is 0 Å². The summed E-state index contributed by atoms with van der Waals surface area (Å²) in [5.41, 5.74) is 6.11. The van der Waals surface area contributed by atoms with Crippen LogP contribution in [0.5, 0.6) is 0 Å². The molecule has 1 saturated heterocycles. The van der Waals surface area contributed by atoms with Gasteiger partial charge in [-0.3, -0.25) is 4.79 Å². The van der Waals surface area contributed by atoms with E-state index in [9.17, 15) is 9.90 Å². The standard InChI is InChI=1S/C16H24N2O2/c1-12(19)13-8-10-18(11-9-13)15(20)16(2,17)14-6-4-3-5-7-14/h3-7,12-13,19H,8-11,17H2,1-2H3. The number of rotatable bonds is 3. The van der Waals surface area contributed by atoms with Gasteiger partial charge >= 0.3 is 0 Å². The number of benzene rings is 1. The second-order valence-electron chi connectivity index (χ2n) is 5.94. The van der Waals surface area contributed by atoms with Gasteiger partial charge in [-0.05, 0) is 38.2 Å². The molecule has 1 aromatic carbocycles. The van der Waals surface area contributed by atoms with E-state index in [1.165, 1.54) is 0 Å². The van der Waals surface area contributed by atoms with E-state index in [0.29, 0.717) is 19.0 Å². The summed E-state index contributed by atoms with van der Waals surface area (Å²) < 4.78 is 0. The highest BCUT2D eigenvalue weighted by atomic mass is 16.3. The van der Waals surface area contributed by atoms with Crippen LogP contribution in [0.15, 0.2) is 30.3 Å². The zero-order valence-electron chi connectivity index (χ0n) is 12.2. The Morgan fingerprint density at radius 2 is 1.90 bits per heavy atom. The topological polar surface area (TPSA) is 66.6 Å². The summed E-state index contributed by atoms with van der Waals surface area (Å²) in [5, 5.41) is 9.61. The zero-order valence-corrected chi connectivity index (χ0v) is 12.2. The van der Waals surface area contributed by atoms with E-state index in [0.717, 1.165) is 18.4 Å². The van der Waals surface area contributed by atoms with Crippen LogP contribution in [0.4, 0.5) is 0 Å². The first-order valence-electron chi connectivity index (χ1n) is 7.24. The Balaban J connectivity index is 2.05. The molecule has 1 heterocycles. The maximum atomic E-state index is 12.6. The fraction of sp³-hybridized carbons (Fsp3) is 0.562. The van der Waals surface area contributed by atoms with Crippen molar-refractivity contribution in [3.8, 4) is 0 Å². The van der Waals surface area contributed by atoms with Gasteiger partial charge in [0.05, 0.1) is 6.10 Å². The number of carbonyl (C=O) groups excluding carboxylic acids is 1. The van der Waals surface area contributed by atoms with Gasteiger partial charge < -0.3 is 15.7 Å². The molecule has 0 bridgehead atoms. The second-order valence-corrected chi connectivity index (χ2v) is 5.94. The Kier molecular flexibility index (Phi) is 4.45. The van der Waals surface area contributed by atoms with Crippen LogP contribution < -0.4 is 5.73 Å². The van der Waals surface area contributed by atoms with Crippen molar-refractivity contribution in [3.63, 3.8) is 0 Å². The molecule has 1 fully saturated rings. The molecular formula is C16H24N2O2. The summed E-state index contributed by atoms with van der Waals surface area (Å²) in [5.74, 6) is 0.257. The van der Waals surface area contributed by atoms with Gasteiger partial charge in [-0.25, -0.2) is 0 Å². The maximum absolute atomic E-state index is 12.6. The van der Waals surface area contributed by atoms with Crippen LogP contribution in [0.25, 0.3) is 0 Å². The lowest BCUT2D eigenvalue weighted by Crippen LogP contribution is -2.53. The normalized spacial score (nSPS) is 21.3. The summed E-state index contributed by atoms with van der Waals surface area (Å²) in [6.45, 7) is 4.94. The molecule has 4 nitrogen and oxygen atoms in total. The Morgan fingerprint density at radius 1 is 1.35 bits per heavy atom. The molecular weight excluding hydrogens is 252 g/mol. The van der Waals surface area contributed by atoms with Crippen LogP contribution in [0, 0.1) is 5.92 Å². The van der Waals surface area contributed by atoms with Gasteiger partial charge in [0.1, 0.15) is 5.54 Å². The van der Waals surface area contributed by atoms with Crippen molar-refractivity contribution in [2.45, 2.75) is 38.3 Å². The minimum Gasteiger partial charge on any atom is -0.393 e. The number of piperidine rings is 1. The second kappa shape index (κ2) is 5.94. The van der Waals surface area contributed by atoms with Gasteiger partial charge in [-0.1, -0.05) is 30.3 Å². The molecule has 1 aliphatic rings. The fourth-order valence-corrected chi connectivity index (χ4v) is 2.82. The van der Waals surface area contributed by atoms with Crippen LogP contribution >= 0.6 is 0 Å². The van der Waals surface area contributed by atoms with Crippen LogP contribution in [0.3, 0.4) is 0 Å². The summed E-state index contributed by atoms with van der Waals surface area (Å²) in [7, 11) is 0. The summed E-state index contributed by atoms with van der Waals surface area (Å²) in [6, 6.07) is 9.49. The molecule has 1 aromatic rings. The Hall–Kier alpha value is -1.39. The number of aliphatic hydroxyl groups is 1. The van der Waals surface area contributed by atoms with Crippen LogP contribution in [0.2, 0.25) is 0 Å². The molecule has 2 atom stereocenters. The van der Waals surface area contributed by atoms with E-state index >= 15 is 0 Å². The molecule has 0 saturated carbocycles. The Morgan fingerprint density at radius 3 is 2.40 bits per heavy atom. The van der Waals surface area contributed by atoms with Crippen LogP contribution in [0.1, 0.15) is 32.3 Å².